The maximum Gasteiger partial charge on any atom is 0.416 e. The quantitative estimate of drug-likeness (QED) is 0.710. The molecule has 2 nitrogen and oxygen atoms in total. The van der Waals surface area contributed by atoms with Crippen molar-refractivity contribution in [2.75, 3.05) is 5.32 Å². The van der Waals surface area contributed by atoms with Gasteiger partial charge < -0.3 is 5.32 Å². The molecular weight excluding hydrogens is 394 g/mol. The first-order chi connectivity index (χ1) is 9.79. The second kappa shape index (κ2) is 6.05. The van der Waals surface area contributed by atoms with Crippen LogP contribution in [0.3, 0.4) is 0 Å². The van der Waals surface area contributed by atoms with Crippen LogP contribution in [0.1, 0.15) is 21.5 Å². The molecule has 0 heterocycles. The zero-order chi connectivity index (χ0) is 15.6. The van der Waals surface area contributed by atoms with E-state index in [0.717, 1.165) is 21.3 Å². The van der Waals surface area contributed by atoms with Gasteiger partial charge in [-0.1, -0.05) is 12.1 Å². The van der Waals surface area contributed by atoms with Crippen LogP contribution in [0.25, 0.3) is 0 Å². The minimum Gasteiger partial charge on any atom is -0.322 e. The van der Waals surface area contributed by atoms with Crippen molar-refractivity contribution in [3.63, 3.8) is 0 Å². The Labute approximate surface area is 133 Å². The first-order valence-electron chi connectivity index (χ1n) is 6.03. The zero-order valence-corrected chi connectivity index (χ0v) is 13.1. The molecule has 2 rings (SSSR count). The highest BCUT2D eigenvalue weighted by Crippen LogP contribution is 2.30. The number of benzene rings is 2. The number of aryl methyl sites for hydroxylation is 1. The lowest BCUT2D eigenvalue weighted by molar-refractivity contribution is -0.137. The molecule has 0 atom stereocenters. The first kappa shape index (κ1) is 15.8. The van der Waals surface area contributed by atoms with Gasteiger partial charge in [0.1, 0.15) is 0 Å². The van der Waals surface area contributed by atoms with E-state index >= 15 is 0 Å². The summed E-state index contributed by atoms with van der Waals surface area (Å²) in [5, 5.41) is 2.59. The molecule has 0 unspecified atom stereocenters. The van der Waals surface area contributed by atoms with E-state index in [1.54, 1.807) is 12.1 Å². The second-order valence-electron chi connectivity index (χ2n) is 4.47. The number of rotatable bonds is 2. The molecule has 21 heavy (non-hydrogen) atoms. The molecule has 6 heteroatoms. The highest BCUT2D eigenvalue weighted by molar-refractivity contribution is 14.1. The van der Waals surface area contributed by atoms with E-state index in [-0.39, 0.29) is 5.91 Å². The summed E-state index contributed by atoms with van der Waals surface area (Å²) in [6, 6.07) is 9.68. The molecule has 0 fully saturated rings. The monoisotopic (exact) mass is 405 g/mol. The predicted molar refractivity (Wildman–Crippen MR) is 83.3 cm³/mol. The molecule has 1 amide bonds. The topological polar surface area (TPSA) is 29.1 Å². The standard InChI is InChI=1S/C15H11F3INO/c1-9-3-2-4-12(13(9)19)14(21)20-11-7-5-10(6-8-11)15(16,17)18/h2-8H,1H3,(H,20,21). The smallest absolute Gasteiger partial charge is 0.322 e. The predicted octanol–water partition coefficient (Wildman–Crippen LogP) is 4.87. The number of carbonyl (C=O) groups excluding carboxylic acids is 1. The Morgan fingerprint density at radius 3 is 2.29 bits per heavy atom. The highest BCUT2D eigenvalue weighted by atomic mass is 127. The average molecular weight is 405 g/mol. The van der Waals surface area contributed by atoms with Gasteiger partial charge in [-0.2, -0.15) is 13.2 Å². The van der Waals surface area contributed by atoms with Crippen LogP contribution in [0.15, 0.2) is 42.5 Å². The molecule has 1 N–H and O–H groups in total. The van der Waals surface area contributed by atoms with Crippen molar-refractivity contribution in [1.29, 1.82) is 0 Å². The van der Waals surface area contributed by atoms with Crippen molar-refractivity contribution in [2.24, 2.45) is 0 Å². The first-order valence-corrected chi connectivity index (χ1v) is 7.10. The van der Waals surface area contributed by atoms with Crippen molar-refractivity contribution in [3.8, 4) is 0 Å². The summed E-state index contributed by atoms with van der Waals surface area (Å²) >= 11 is 2.07. The number of hydrogen-bond donors (Lipinski definition) is 1. The normalized spacial score (nSPS) is 11.3. The van der Waals surface area contributed by atoms with E-state index in [4.69, 9.17) is 0 Å². The summed E-state index contributed by atoms with van der Waals surface area (Å²) in [6.45, 7) is 1.89. The van der Waals surface area contributed by atoms with Crippen molar-refractivity contribution < 1.29 is 18.0 Å². The Balaban J connectivity index is 2.18. The number of nitrogens with one attached hydrogen (secondary N) is 1. The zero-order valence-electron chi connectivity index (χ0n) is 11.0. The van der Waals surface area contributed by atoms with Gasteiger partial charge in [-0.15, -0.1) is 0 Å². The van der Waals surface area contributed by atoms with E-state index in [1.165, 1.54) is 12.1 Å². The molecule has 110 valence electrons. The number of anilines is 1. The number of halogens is 4. The molecular formula is C15H11F3INO. The molecule has 2 aromatic rings. The van der Waals surface area contributed by atoms with Crippen LogP contribution < -0.4 is 5.32 Å². The maximum atomic E-state index is 12.5. The fourth-order valence-electron chi connectivity index (χ4n) is 1.76. The fourth-order valence-corrected chi connectivity index (χ4v) is 2.37. The van der Waals surface area contributed by atoms with Gasteiger partial charge in [0.2, 0.25) is 0 Å². The van der Waals surface area contributed by atoms with Gasteiger partial charge in [0.25, 0.3) is 5.91 Å². The molecule has 0 saturated carbocycles. The maximum absolute atomic E-state index is 12.5. The lowest BCUT2D eigenvalue weighted by Crippen LogP contribution is -2.14. The van der Waals surface area contributed by atoms with Gasteiger partial charge in [-0.05, 0) is 65.4 Å². The summed E-state index contributed by atoms with van der Waals surface area (Å²) in [4.78, 5) is 12.1. The molecule has 0 aliphatic carbocycles. The second-order valence-corrected chi connectivity index (χ2v) is 5.54. The third-order valence-electron chi connectivity index (χ3n) is 2.91. The van der Waals surface area contributed by atoms with E-state index < -0.39 is 11.7 Å². The van der Waals surface area contributed by atoms with Crippen LogP contribution in [-0.2, 0) is 6.18 Å². The largest absolute Gasteiger partial charge is 0.416 e. The SMILES string of the molecule is Cc1cccc(C(=O)Nc2ccc(C(F)(F)F)cc2)c1I. The lowest BCUT2D eigenvalue weighted by atomic mass is 10.1. The molecule has 0 bridgehead atoms. The average Bonchev–Trinajstić information content (AvgIpc) is 2.41. The Bertz CT molecular complexity index is 666. The fraction of sp³-hybridized carbons (Fsp3) is 0.133. The van der Waals surface area contributed by atoms with Crippen molar-refractivity contribution in [2.45, 2.75) is 13.1 Å². The van der Waals surface area contributed by atoms with Gasteiger partial charge in [0, 0.05) is 9.26 Å². The van der Waals surface area contributed by atoms with E-state index in [9.17, 15) is 18.0 Å². The summed E-state index contributed by atoms with van der Waals surface area (Å²) in [7, 11) is 0. The van der Waals surface area contributed by atoms with E-state index in [0.29, 0.717) is 11.3 Å². The third-order valence-corrected chi connectivity index (χ3v) is 4.34. The van der Waals surface area contributed by atoms with Crippen LogP contribution in [0.2, 0.25) is 0 Å². The molecule has 0 saturated heterocycles. The van der Waals surface area contributed by atoms with Crippen LogP contribution in [0.5, 0.6) is 0 Å². The summed E-state index contributed by atoms with van der Waals surface area (Å²) in [6.07, 6.45) is -4.38. The van der Waals surface area contributed by atoms with Crippen molar-refractivity contribution in [3.05, 3.63) is 62.7 Å². The van der Waals surface area contributed by atoms with Crippen LogP contribution in [0, 0.1) is 10.5 Å². The summed E-state index contributed by atoms with van der Waals surface area (Å²) in [5.41, 5.74) is 1.04. The van der Waals surface area contributed by atoms with Crippen LogP contribution in [0.4, 0.5) is 18.9 Å². The summed E-state index contributed by atoms with van der Waals surface area (Å²) in [5.74, 6) is -0.345. The molecule has 0 aliphatic rings. The number of alkyl halides is 3. The van der Waals surface area contributed by atoms with Gasteiger partial charge in [0.15, 0.2) is 0 Å². The Kier molecular flexibility index (Phi) is 4.55. The number of amides is 1. The minimum atomic E-state index is -4.38. The van der Waals surface area contributed by atoms with Gasteiger partial charge in [0.05, 0.1) is 11.1 Å². The Morgan fingerprint density at radius 1 is 1.10 bits per heavy atom. The summed E-state index contributed by atoms with van der Waals surface area (Å²) < 4.78 is 38.2. The number of carbonyl (C=O) groups is 1. The molecule has 0 aliphatic heterocycles. The van der Waals surface area contributed by atoms with Gasteiger partial charge in [-0.3, -0.25) is 4.79 Å². The molecule has 0 spiro atoms. The van der Waals surface area contributed by atoms with E-state index in [2.05, 4.69) is 27.9 Å². The highest BCUT2D eigenvalue weighted by Gasteiger charge is 2.30. The molecule has 2 aromatic carbocycles. The van der Waals surface area contributed by atoms with Gasteiger partial charge in [-0.25, -0.2) is 0 Å². The Hall–Kier alpha value is -1.57. The Morgan fingerprint density at radius 2 is 1.71 bits per heavy atom. The molecule has 0 aromatic heterocycles. The third kappa shape index (κ3) is 3.75. The van der Waals surface area contributed by atoms with E-state index in [1.807, 2.05) is 13.0 Å². The van der Waals surface area contributed by atoms with Gasteiger partial charge >= 0.3 is 6.18 Å². The van der Waals surface area contributed by atoms with Crippen LogP contribution in [-0.4, -0.2) is 5.91 Å². The lowest BCUT2D eigenvalue weighted by Gasteiger charge is -2.10. The van der Waals surface area contributed by atoms with Crippen molar-refractivity contribution >= 4 is 34.2 Å². The van der Waals surface area contributed by atoms with Crippen LogP contribution >= 0.6 is 22.6 Å². The molecule has 0 radical (unpaired) electrons. The number of hydrogen-bond acceptors (Lipinski definition) is 1. The minimum absolute atomic E-state index is 0.324. The van der Waals surface area contributed by atoms with Crippen molar-refractivity contribution in [1.82, 2.24) is 0 Å².